The first-order valence-electron chi connectivity index (χ1n) is 3.69. The van der Waals surface area contributed by atoms with E-state index in [1.54, 1.807) is 24.5 Å². The van der Waals surface area contributed by atoms with Gasteiger partial charge in [-0.1, -0.05) is 6.07 Å². The second-order valence-electron chi connectivity index (χ2n) is 2.69. The van der Waals surface area contributed by atoms with Gasteiger partial charge in [0.2, 0.25) is 0 Å². The number of benzene rings is 1. The third kappa shape index (κ3) is 3.51. The Morgan fingerprint density at radius 3 is 2.50 bits per heavy atom. The Morgan fingerprint density at radius 2 is 2.07 bits per heavy atom. The summed E-state index contributed by atoms with van der Waals surface area (Å²) < 4.78 is 11.2. The van der Waals surface area contributed by atoms with Gasteiger partial charge >= 0.3 is 29.6 Å². The van der Waals surface area contributed by atoms with Gasteiger partial charge in [-0.3, -0.25) is 9.00 Å². The molecule has 1 aromatic carbocycles. The minimum absolute atomic E-state index is 0. The standard InChI is InChI=1S/C9H10O2S2.Na.H/c1-6(10)7-3-4-8(12)9(5-7)13(2)11;;/h3-5,12H,1-2H3;;/q;+1;-1. The zero-order valence-corrected chi connectivity index (χ0v) is 12.1. The molecular formula is C9H11NaO2S2. The summed E-state index contributed by atoms with van der Waals surface area (Å²) in [5.74, 6) is -0.0277. The molecule has 2 nitrogen and oxygen atoms in total. The van der Waals surface area contributed by atoms with Gasteiger partial charge < -0.3 is 1.43 Å². The van der Waals surface area contributed by atoms with Gasteiger partial charge in [0.25, 0.3) is 0 Å². The number of thiol groups is 1. The Hall–Kier alpha value is 0.390. The summed E-state index contributed by atoms with van der Waals surface area (Å²) in [6, 6.07) is 5.00. The summed E-state index contributed by atoms with van der Waals surface area (Å²) in [4.78, 5) is 12.3. The van der Waals surface area contributed by atoms with Crippen LogP contribution in [0, 0.1) is 0 Å². The molecule has 1 unspecified atom stereocenters. The molecule has 0 N–H and O–H groups in total. The van der Waals surface area contributed by atoms with Crippen LogP contribution in [0.3, 0.4) is 0 Å². The number of hydrogen-bond acceptors (Lipinski definition) is 3. The van der Waals surface area contributed by atoms with Crippen molar-refractivity contribution in [3.8, 4) is 0 Å². The van der Waals surface area contributed by atoms with Gasteiger partial charge in [0, 0.05) is 16.7 Å². The van der Waals surface area contributed by atoms with Crippen molar-refractivity contribution in [1.29, 1.82) is 0 Å². The summed E-state index contributed by atoms with van der Waals surface area (Å²) in [6.45, 7) is 1.48. The summed E-state index contributed by atoms with van der Waals surface area (Å²) in [5.41, 5.74) is 0.572. The van der Waals surface area contributed by atoms with E-state index in [2.05, 4.69) is 12.6 Å². The van der Waals surface area contributed by atoms with Crippen LogP contribution in [0.1, 0.15) is 18.7 Å². The summed E-state index contributed by atoms with van der Waals surface area (Å²) in [5, 5.41) is 0. The molecule has 0 aliphatic heterocycles. The molecule has 1 rings (SSSR count). The fourth-order valence-electron chi connectivity index (χ4n) is 0.963. The molecule has 0 radical (unpaired) electrons. The smallest absolute Gasteiger partial charge is 1.00 e. The number of rotatable bonds is 2. The van der Waals surface area contributed by atoms with Crippen molar-refractivity contribution in [1.82, 2.24) is 0 Å². The molecule has 0 bridgehead atoms. The molecule has 0 spiro atoms. The molecule has 0 aliphatic rings. The van der Waals surface area contributed by atoms with Crippen LogP contribution in [0.2, 0.25) is 0 Å². The van der Waals surface area contributed by atoms with Crippen LogP contribution in [0.25, 0.3) is 0 Å². The van der Waals surface area contributed by atoms with Crippen LogP contribution < -0.4 is 29.6 Å². The minimum atomic E-state index is -1.10. The molecule has 0 heterocycles. The van der Waals surface area contributed by atoms with Gasteiger partial charge in [-0.25, -0.2) is 0 Å². The topological polar surface area (TPSA) is 34.1 Å². The number of carbonyl (C=O) groups excluding carboxylic acids is 1. The van der Waals surface area contributed by atoms with Gasteiger partial charge in [0.05, 0.1) is 15.7 Å². The number of Topliss-reactive ketones (excluding diaryl/α,β-unsaturated/α-hetero) is 1. The van der Waals surface area contributed by atoms with E-state index in [0.717, 1.165) is 0 Å². The second-order valence-corrected chi connectivity index (χ2v) is 4.52. The maximum absolute atomic E-state index is 11.2. The van der Waals surface area contributed by atoms with Crippen molar-refractivity contribution < 1.29 is 40.0 Å². The van der Waals surface area contributed by atoms with Crippen LogP contribution >= 0.6 is 12.6 Å². The molecule has 0 saturated carbocycles. The van der Waals surface area contributed by atoms with E-state index in [1.165, 1.54) is 6.92 Å². The average Bonchev–Trinajstić information content (AvgIpc) is 2.04. The molecular weight excluding hydrogens is 227 g/mol. The number of ketones is 1. The van der Waals surface area contributed by atoms with E-state index in [-0.39, 0.29) is 36.8 Å². The Balaban J connectivity index is 0. The third-order valence-electron chi connectivity index (χ3n) is 1.68. The van der Waals surface area contributed by atoms with Crippen LogP contribution in [0.4, 0.5) is 0 Å². The van der Waals surface area contributed by atoms with Crippen LogP contribution in [-0.2, 0) is 10.8 Å². The fourth-order valence-corrected chi connectivity index (χ4v) is 2.14. The van der Waals surface area contributed by atoms with Gasteiger partial charge in [-0.15, -0.1) is 12.6 Å². The predicted octanol–water partition coefficient (Wildman–Crippen LogP) is -0.968. The van der Waals surface area contributed by atoms with E-state index in [1.807, 2.05) is 0 Å². The second kappa shape index (κ2) is 6.08. The monoisotopic (exact) mass is 238 g/mol. The average molecular weight is 238 g/mol. The van der Waals surface area contributed by atoms with Crippen LogP contribution in [0.15, 0.2) is 28.0 Å². The molecule has 0 aliphatic carbocycles. The van der Waals surface area contributed by atoms with Gasteiger partial charge in [-0.05, 0) is 19.1 Å². The molecule has 1 atom stereocenters. The molecule has 0 aromatic heterocycles. The zero-order valence-electron chi connectivity index (χ0n) is 9.40. The van der Waals surface area contributed by atoms with E-state index in [0.29, 0.717) is 15.4 Å². The summed E-state index contributed by atoms with van der Waals surface area (Å²) in [6.07, 6.45) is 1.57. The van der Waals surface area contributed by atoms with E-state index in [4.69, 9.17) is 0 Å². The van der Waals surface area contributed by atoms with Crippen LogP contribution in [0.5, 0.6) is 0 Å². The first-order chi connectivity index (χ1) is 6.02. The first-order valence-corrected chi connectivity index (χ1v) is 5.70. The molecule has 0 saturated heterocycles. The number of hydrogen-bond donors (Lipinski definition) is 1. The zero-order chi connectivity index (χ0) is 10.0. The van der Waals surface area contributed by atoms with Crippen molar-refractivity contribution in [3.63, 3.8) is 0 Å². The summed E-state index contributed by atoms with van der Waals surface area (Å²) >= 11 is 4.15. The molecule has 14 heavy (non-hydrogen) atoms. The molecule has 1 aromatic rings. The first kappa shape index (κ1) is 14.4. The molecule has 5 heteroatoms. The maximum Gasteiger partial charge on any atom is 1.00 e. The Bertz CT molecular complexity index is 382. The largest absolute Gasteiger partial charge is 1.00 e. The maximum atomic E-state index is 11.2. The van der Waals surface area contributed by atoms with Gasteiger partial charge in [0.1, 0.15) is 0 Å². The molecule has 0 amide bonds. The van der Waals surface area contributed by atoms with E-state index in [9.17, 15) is 9.00 Å². The van der Waals surface area contributed by atoms with E-state index < -0.39 is 10.8 Å². The van der Waals surface area contributed by atoms with E-state index >= 15 is 0 Å². The van der Waals surface area contributed by atoms with Crippen molar-refractivity contribution in [2.75, 3.05) is 6.26 Å². The Kier molecular flexibility index (Phi) is 6.25. The minimum Gasteiger partial charge on any atom is -1.00 e. The predicted molar refractivity (Wildman–Crippen MR) is 57.1 cm³/mol. The quantitative estimate of drug-likeness (QED) is 0.409. The molecule has 72 valence electrons. The Labute approximate surface area is 115 Å². The summed E-state index contributed by atoms with van der Waals surface area (Å²) in [7, 11) is -1.10. The normalized spacial score (nSPS) is 11.6. The van der Waals surface area contributed by atoms with Gasteiger partial charge in [-0.2, -0.15) is 0 Å². The van der Waals surface area contributed by atoms with Crippen LogP contribution in [-0.4, -0.2) is 16.2 Å². The van der Waals surface area contributed by atoms with Gasteiger partial charge in [0.15, 0.2) is 5.78 Å². The Morgan fingerprint density at radius 1 is 1.50 bits per heavy atom. The van der Waals surface area contributed by atoms with Crippen molar-refractivity contribution >= 4 is 29.2 Å². The SMILES string of the molecule is CC(=O)c1ccc(S)c(S(C)=O)c1.[H-].[Na+]. The fraction of sp³-hybridized carbons (Fsp3) is 0.222. The number of carbonyl (C=O) groups is 1. The van der Waals surface area contributed by atoms with Crippen molar-refractivity contribution in [3.05, 3.63) is 23.8 Å². The third-order valence-corrected chi connectivity index (χ3v) is 3.17. The molecule has 0 fully saturated rings. The van der Waals surface area contributed by atoms with Crippen molar-refractivity contribution in [2.45, 2.75) is 16.7 Å². The van der Waals surface area contributed by atoms with Crippen molar-refractivity contribution in [2.24, 2.45) is 0 Å².